The summed E-state index contributed by atoms with van der Waals surface area (Å²) in [6.45, 7) is -0.278. The second kappa shape index (κ2) is 15.8. The van der Waals surface area contributed by atoms with Crippen molar-refractivity contribution < 1.29 is 44.0 Å². The molecule has 0 aromatic carbocycles. The molecule has 0 atom stereocenters. The zero-order chi connectivity index (χ0) is 6.99. The standard InChI is InChI=1S/C2H5NO2.COP.Na/c3-1-2(4)5;1-3-2;/h1,3H2,(H,4,5);;/q;-1;+1. The average molecular weight is 157 g/mol. The molecule has 0 radical (unpaired) electrons. The van der Waals surface area contributed by atoms with Gasteiger partial charge in [-0.25, -0.2) is 0 Å². The molecule has 0 aromatic heterocycles. The Bertz CT molecular complexity index is 134. The van der Waals surface area contributed by atoms with Crippen LogP contribution in [-0.2, 0) is 9.36 Å². The number of carboxylic acid groups (broad SMARTS) is 1. The minimum absolute atomic E-state index is 0. The minimum atomic E-state index is -0.968. The first-order valence-corrected chi connectivity index (χ1v) is 2.41. The average Bonchev–Trinajstić information content (AvgIpc) is 1.69. The predicted octanol–water partition coefficient (Wildman–Crippen LogP) is -3.14. The third kappa shape index (κ3) is 58.8. The summed E-state index contributed by atoms with van der Waals surface area (Å²) in [7, 11) is -0.583. The molecule has 0 rings (SSSR count). The molecule has 46 valence electrons. The summed E-state index contributed by atoms with van der Waals surface area (Å²) < 4.78 is 8.57. The number of hydrogen-bond acceptors (Lipinski definition) is 3. The molecule has 6 heteroatoms. The van der Waals surface area contributed by atoms with Crippen molar-refractivity contribution in [1.29, 1.82) is 0 Å². The summed E-state index contributed by atoms with van der Waals surface area (Å²) in [5.41, 5.74) is 4.57. The molecule has 0 heterocycles. The third-order valence-electron chi connectivity index (χ3n) is 0.175. The molecule has 4 nitrogen and oxygen atoms in total. The van der Waals surface area contributed by atoms with E-state index in [0.29, 0.717) is 0 Å². The van der Waals surface area contributed by atoms with E-state index < -0.39 is 13.9 Å². The molecule has 0 bridgehead atoms. The van der Waals surface area contributed by atoms with Gasteiger partial charge in [-0.1, -0.05) is 0 Å². The van der Waals surface area contributed by atoms with Crippen molar-refractivity contribution in [1.82, 2.24) is 0 Å². The molecule has 9 heavy (non-hydrogen) atoms. The van der Waals surface area contributed by atoms with Crippen LogP contribution in [0.1, 0.15) is 0 Å². The molecule has 0 aliphatic rings. The van der Waals surface area contributed by atoms with Crippen LogP contribution in [0.5, 0.6) is 0 Å². The Morgan fingerprint density at radius 1 is 1.78 bits per heavy atom. The maximum Gasteiger partial charge on any atom is 1.00 e. The van der Waals surface area contributed by atoms with E-state index in [1.54, 1.807) is 0 Å². The van der Waals surface area contributed by atoms with Gasteiger partial charge in [-0.3, -0.25) is 4.79 Å². The van der Waals surface area contributed by atoms with Crippen LogP contribution in [0.4, 0.5) is 0 Å². The van der Waals surface area contributed by atoms with E-state index in [4.69, 9.17) is 15.8 Å². The van der Waals surface area contributed by atoms with Gasteiger partial charge < -0.3 is 10.8 Å². The van der Waals surface area contributed by atoms with Crippen LogP contribution in [0, 0.1) is 6.13 Å². The predicted molar refractivity (Wildman–Crippen MR) is 27.5 cm³/mol. The molecular weight excluding hydrogens is 152 g/mol. The Labute approximate surface area is 76.2 Å². The summed E-state index contributed by atoms with van der Waals surface area (Å²) >= 11 is 0. The molecular formula is C3H5NNaO3P. The van der Waals surface area contributed by atoms with Crippen LogP contribution in [0.2, 0.25) is 0 Å². The first-order chi connectivity index (χ1) is 3.68. The number of rotatable bonds is 1. The first kappa shape index (κ1) is 16.2. The van der Waals surface area contributed by atoms with Crippen molar-refractivity contribution in [2.45, 2.75) is 0 Å². The van der Waals surface area contributed by atoms with Gasteiger partial charge in [-0.05, 0) is 0 Å². The number of aliphatic carboxylic acids is 1. The van der Waals surface area contributed by atoms with E-state index in [-0.39, 0.29) is 36.1 Å². The van der Waals surface area contributed by atoms with Crippen molar-refractivity contribution in [2.24, 2.45) is 5.73 Å². The van der Waals surface area contributed by atoms with Gasteiger partial charge in [-0.2, -0.15) is 0 Å². The smallest absolute Gasteiger partial charge is 1.00 e. The number of carbonyl (C=O) groups is 1. The fourth-order valence-electron chi connectivity index (χ4n) is 0. The first-order valence-electron chi connectivity index (χ1n) is 1.60. The van der Waals surface area contributed by atoms with Crippen molar-refractivity contribution in [2.75, 3.05) is 6.54 Å². The monoisotopic (exact) mass is 157 g/mol. The van der Waals surface area contributed by atoms with Gasteiger partial charge in [0.25, 0.3) is 0 Å². The van der Waals surface area contributed by atoms with Crippen molar-refractivity contribution in [3.63, 3.8) is 0 Å². The number of hydrogen-bond donors (Lipinski definition) is 2. The van der Waals surface area contributed by atoms with Gasteiger partial charge in [0.05, 0.1) is 6.54 Å². The zero-order valence-corrected chi connectivity index (χ0v) is 7.89. The van der Waals surface area contributed by atoms with E-state index in [2.05, 4.69) is 5.73 Å². The molecule has 0 unspecified atom stereocenters. The molecule has 0 aromatic rings. The largest absolute Gasteiger partial charge is 1.00 e. The van der Waals surface area contributed by atoms with Crippen LogP contribution in [0.3, 0.4) is 0 Å². The van der Waals surface area contributed by atoms with Crippen molar-refractivity contribution in [3.05, 3.63) is 6.13 Å². The molecule has 3 N–H and O–H groups in total. The van der Waals surface area contributed by atoms with Gasteiger partial charge in [0.15, 0.2) is 0 Å². The Morgan fingerprint density at radius 3 is 1.89 bits per heavy atom. The Morgan fingerprint density at radius 2 is 1.89 bits per heavy atom. The van der Waals surface area contributed by atoms with E-state index in [9.17, 15) is 4.79 Å². The number of carboxylic acids is 1. The van der Waals surface area contributed by atoms with E-state index in [1.807, 2.05) is 0 Å². The Balaban J connectivity index is -0.0000000800. The second-order valence-electron chi connectivity index (χ2n) is 0.689. The van der Waals surface area contributed by atoms with Gasteiger partial charge in [0.1, 0.15) is 0 Å². The third-order valence-corrected chi connectivity index (χ3v) is 0.175. The molecule has 0 aliphatic heterocycles. The SMILES string of the molecule is NCC(=O)O.[C-]#P=O.[Na+]. The second-order valence-corrected chi connectivity index (χ2v) is 0.872. The van der Waals surface area contributed by atoms with E-state index >= 15 is 0 Å². The topological polar surface area (TPSA) is 80.4 Å². The van der Waals surface area contributed by atoms with Crippen LogP contribution in [0.15, 0.2) is 0 Å². The maximum atomic E-state index is 9.24. The Kier molecular flexibility index (Phi) is 28.4. The summed E-state index contributed by atoms with van der Waals surface area (Å²) in [5.74, 6) is -0.968. The fourth-order valence-corrected chi connectivity index (χ4v) is 0. The van der Waals surface area contributed by atoms with Gasteiger partial charge in [-0.15, -0.1) is 0 Å². The van der Waals surface area contributed by atoms with E-state index in [1.165, 1.54) is 0 Å². The normalized spacial score (nSPS) is 5.33. The molecule has 0 amide bonds. The van der Waals surface area contributed by atoms with Crippen LogP contribution in [-0.4, -0.2) is 17.6 Å². The van der Waals surface area contributed by atoms with Crippen LogP contribution >= 0.6 is 7.92 Å². The number of nitrogens with two attached hydrogens (primary N) is 1. The molecule has 0 aliphatic carbocycles. The summed E-state index contributed by atoms with van der Waals surface area (Å²) in [6, 6.07) is 0. The fraction of sp³-hybridized carbons (Fsp3) is 0.333. The van der Waals surface area contributed by atoms with Crippen molar-refractivity contribution >= 4 is 13.9 Å². The van der Waals surface area contributed by atoms with Gasteiger partial charge in [0, 0.05) is 0 Å². The van der Waals surface area contributed by atoms with E-state index in [0.717, 1.165) is 0 Å². The molecule has 0 spiro atoms. The maximum absolute atomic E-state index is 9.24. The van der Waals surface area contributed by atoms with Crippen molar-refractivity contribution in [3.8, 4) is 0 Å². The Hall–Kier alpha value is 0.440. The molecule has 0 saturated carbocycles. The van der Waals surface area contributed by atoms with Gasteiger partial charge in [0.2, 0.25) is 0 Å². The molecule has 0 saturated heterocycles. The summed E-state index contributed by atoms with van der Waals surface area (Å²) in [4.78, 5) is 9.24. The van der Waals surface area contributed by atoms with Crippen LogP contribution < -0.4 is 35.3 Å². The quantitative estimate of drug-likeness (QED) is 0.239. The summed E-state index contributed by atoms with van der Waals surface area (Å²) in [6.07, 6.45) is 5.62. The van der Waals surface area contributed by atoms with Gasteiger partial charge >= 0.3 is 54.1 Å². The zero-order valence-electron chi connectivity index (χ0n) is 5.00. The molecule has 0 fully saturated rings. The van der Waals surface area contributed by atoms with Crippen LogP contribution in [0.25, 0.3) is 0 Å². The minimum Gasteiger partial charge on any atom is 1.00 e. The summed E-state index contributed by atoms with van der Waals surface area (Å²) in [5, 5.41) is 7.60.